The van der Waals surface area contributed by atoms with Crippen LogP contribution < -0.4 is 16.0 Å². The van der Waals surface area contributed by atoms with Crippen molar-refractivity contribution >= 4 is 75.6 Å². The number of nitrogens with zero attached hydrogens (tertiary/aromatic N) is 4. The zero-order valence-corrected chi connectivity index (χ0v) is 31.7. The lowest BCUT2D eigenvalue weighted by Gasteiger charge is -2.26. The number of fused-ring (bicyclic) bond motifs is 3. The van der Waals surface area contributed by atoms with Gasteiger partial charge in [-0.1, -0.05) is 18.2 Å². The number of carbonyl (C=O) groups excluding carboxylic acids is 2. The van der Waals surface area contributed by atoms with E-state index in [4.69, 9.17) is 9.84 Å². The van der Waals surface area contributed by atoms with Gasteiger partial charge in [-0.05, 0) is 80.1 Å². The molecule has 14 heteroatoms. The number of hydrogen-bond donors (Lipinski definition) is 4. The molecule has 0 saturated heterocycles. The summed E-state index contributed by atoms with van der Waals surface area (Å²) in [5.74, 6) is 0.589. The van der Waals surface area contributed by atoms with Gasteiger partial charge in [-0.25, -0.2) is 19.6 Å². The number of likely N-dealkylation sites (N-methyl/N-ethyl adjacent to an activating group) is 1. The highest BCUT2D eigenvalue weighted by atomic mass is 35.5. The fourth-order valence-corrected chi connectivity index (χ4v) is 6.78. The van der Waals surface area contributed by atoms with E-state index in [9.17, 15) is 14.4 Å². The number of carboxylic acid groups (broad SMARTS) is 1. The van der Waals surface area contributed by atoms with Crippen molar-refractivity contribution < 1.29 is 24.2 Å². The van der Waals surface area contributed by atoms with Crippen LogP contribution in [0.4, 0.5) is 16.4 Å². The van der Waals surface area contributed by atoms with Crippen molar-refractivity contribution in [3.05, 3.63) is 93.6 Å². The molecule has 0 saturated carbocycles. The number of halogens is 1. The van der Waals surface area contributed by atoms with Gasteiger partial charge in [0.25, 0.3) is 0 Å². The molecule has 2 aliphatic heterocycles. The first kappa shape index (κ1) is 39.8. The van der Waals surface area contributed by atoms with E-state index in [0.29, 0.717) is 37.6 Å². The molecule has 0 fully saturated rings. The maximum absolute atomic E-state index is 12.6. The lowest BCUT2D eigenvalue weighted by Crippen LogP contribution is -2.37. The molecular formula is C38H46ClN7O5S. The van der Waals surface area contributed by atoms with Crippen LogP contribution >= 0.6 is 23.7 Å². The Morgan fingerprint density at radius 3 is 2.33 bits per heavy atom. The highest BCUT2D eigenvalue weighted by Crippen LogP contribution is 2.31. The zero-order valence-electron chi connectivity index (χ0n) is 30.1. The highest BCUT2D eigenvalue weighted by Gasteiger charge is 2.25. The van der Waals surface area contributed by atoms with Gasteiger partial charge in [-0.2, -0.15) is 0 Å². The number of carbonyl (C=O) groups is 3. The first-order valence-corrected chi connectivity index (χ1v) is 17.6. The summed E-state index contributed by atoms with van der Waals surface area (Å²) in [6, 6.07) is 12.3. The number of nitrogens with one attached hydrogen (secondary N) is 3. The maximum Gasteiger partial charge on any atom is 0.410 e. The summed E-state index contributed by atoms with van der Waals surface area (Å²) in [5, 5.41) is 19.8. The number of aliphatic carboxylic acids is 1. The molecule has 0 bridgehead atoms. The van der Waals surface area contributed by atoms with E-state index in [0.717, 1.165) is 48.2 Å². The van der Waals surface area contributed by atoms with E-state index in [1.54, 1.807) is 39.6 Å². The predicted molar refractivity (Wildman–Crippen MR) is 210 cm³/mol. The molecule has 0 aliphatic carbocycles. The van der Waals surface area contributed by atoms with Gasteiger partial charge < -0.3 is 35.6 Å². The number of anilines is 2. The fourth-order valence-electron chi connectivity index (χ4n) is 5.51. The molecule has 4 N–H and O–H groups in total. The zero-order chi connectivity index (χ0) is 36.5. The molecule has 0 spiro atoms. The Morgan fingerprint density at radius 2 is 1.63 bits per heavy atom. The monoisotopic (exact) mass is 747 g/mol. The second-order valence-corrected chi connectivity index (χ2v) is 14.5. The molecule has 0 atom stereocenters. The molecule has 0 unspecified atom stereocenters. The Bertz CT molecular complexity index is 1960. The fraction of sp³-hybridized carbons (Fsp3) is 0.342. The number of amides is 2. The molecule has 0 radical (unpaired) electrons. The van der Waals surface area contributed by atoms with E-state index in [1.165, 1.54) is 26.6 Å². The van der Waals surface area contributed by atoms with E-state index < -0.39 is 11.6 Å². The molecular weight excluding hydrogens is 702 g/mol. The molecule has 276 valence electrons. The van der Waals surface area contributed by atoms with Crippen LogP contribution in [0.15, 0.2) is 60.9 Å². The van der Waals surface area contributed by atoms with Gasteiger partial charge in [0.1, 0.15) is 17.2 Å². The number of carboxylic acids is 1. The second-order valence-electron chi connectivity index (χ2n) is 13.3. The Kier molecular flexibility index (Phi) is 13.8. The Hall–Kier alpha value is -4.98. The third-order valence-electron chi connectivity index (χ3n) is 8.11. The summed E-state index contributed by atoms with van der Waals surface area (Å²) in [6.07, 6.45) is 9.01. The number of benzene rings is 1. The molecule has 12 nitrogen and oxygen atoms in total. The number of pyridine rings is 2. The van der Waals surface area contributed by atoms with Crippen molar-refractivity contribution in [3.8, 4) is 0 Å². The predicted octanol–water partition coefficient (Wildman–Crippen LogP) is 6.56. The first-order chi connectivity index (χ1) is 24.4. The third-order valence-corrected chi connectivity index (χ3v) is 9.37. The van der Waals surface area contributed by atoms with Gasteiger partial charge in [-0.3, -0.25) is 4.79 Å². The summed E-state index contributed by atoms with van der Waals surface area (Å²) >= 11 is 1.76. The van der Waals surface area contributed by atoms with Gasteiger partial charge >= 0.3 is 12.1 Å². The van der Waals surface area contributed by atoms with Crippen LogP contribution in [-0.2, 0) is 34.0 Å². The summed E-state index contributed by atoms with van der Waals surface area (Å²) in [5.41, 5.74) is 4.26. The van der Waals surface area contributed by atoms with Crippen molar-refractivity contribution in [1.29, 1.82) is 0 Å². The number of aryl methyl sites for hydroxylation is 1. The Balaban J connectivity index is 0.000000233. The number of hydrogen-bond acceptors (Lipinski definition) is 10. The minimum Gasteiger partial charge on any atom is -0.478 e. The molecule has 2 aliphatic rings. The van der Waals surface area contributed by atoms with Crippen LogP contribution in [0.25, 0.3) is 22.2 Å². The summed E-state index contributed by atoms with van der Waals surface area (Å²) in [6.45, 7) is 12.2. The lowest BCUT2D eigenvalue weighted by molar-refractivity contribution is -0.131. The van der Waals surface area contributed by atoms with Crippen LogP contribution in [0, 0.1) is 6.92 Å². The van der Waals surface area contributed by atoms with Crippen molar-refractivity contribution in [2.24, 2.45) is 0 Å². The van der Waals surface area contributed by atoms with Crippen LogP contribution in [0.2, 0.25) is 0 Å². The number of thiophene rings is 1. The van der Waals surface area contributed by atoms with Crippen LogP contribution in [0.3, 0.4) is 0 Å². The van der Waals surface area contributed by atoms with Crippen LogP contribution in [0.1, 0.15) is 53.5 Å². The van der Waals surface area contributed by atoms with Crippen LogP contribution in [0.5, 0.6) is 0 Å². The summed E-state index contributed by atoms with van der Waals surface area (Å²) in [7, 11) is 1.85. The van der Waals surface area contributed by atoms with E-state index in [1.807, 2.05) is 40.0 Å². The Labute approximate surface area is 314 Å². The first-order valence-electron chi connectivity index (χ1n) is 16.8. The quantitative estimate of drug-likeness (QED) is 0.160. The van der Waals surface area contributed by atoms with Crippen LogP contribution in [-0.4, -0.2) is 81.7 Å². The SMILES string of the molecule is CC(C)(C)OC(=O)N1CCNc2ncc(/C=C/C(=O)O)cc2C1.Cc1c(CN(C)C(=O)/C=C/c2cnc3c(c2)CNCCN3)sc2ccccc12.Cl. The van der Waals surface area contributed by atoms with Crippen molar-refractivity contribution in [2.45, 2.75) is 52.9 Å². The van der Waals surface area contributed by atoms with Gasteiger partial charge in [0.15, 0.2) is 0 Å². The number of rotatable bonds is 6. The average molecular weight is 748 g/mol. The molecule has 3 aromatic heterocycles. The molecule has 1 aromatic carbocycles. The van der Waals surface area contributed by atoms with Gasteiger partial charge in [0, 0.05) is 85.0 Å². The smallest absolute Gasteiger partial charge is 0.410 e. The average Bonchev–Trinajstić information content (AvgIpc) is 3.27. The van der Waals surface area contributed by atoms with Crippen molar-refractivity contribution in [2.75, 3.05) is 43.9 Å². The maximum atomic E-state index is 12.6. The topological polar surface area (TPSA) is 149 Å². The molecule has 6 rings (SSSR count). The van der Waals surface area contributed by atoms with E-state index in [-0.39, 0.29) is 24.4 Å². The van der Waals surface area contributed by atoms with Gasteiger partial charge in [0.2, 0.25) is 5.91 Å². The minimum absolute atomic E-state index is 0. The molecule has 2 amide bonds. The summed E-state index contributed by atoms with van der Waals surface area (Å²) < 4.78 is 6.67. The number of ether oxygens (including phenoxy) is 1. The van der Waals surface area contributed by atoms with Crippen molar-refractivity contribution in [3.63, 3.8) is 0 Å². The lowest BCUT2D eigenvalue weighted by atomic mass is 10.1. The second kappa shape index (κ2) is 18.0. The number of aromatic nitrogens is 2. The van der Waals surface area contributed by atoms with E-state index >= 15 is 0 Å². The largest absolute Gasteiger partial charge is 0.478 e. The Morgan fingerprint density at radius 1 is 0.981 bits per heavy atom. The molecule has 52 heavy (non-hydrogen) atoms. The minimum atomic E-state index is -1.02. The van der Waals surface area contributed by atoms with Crippen molar-refractivity contribution in [1.82, 2.24) is 25.1 Å². The molecule has 5 heterocycles. The van der Waals surface area contributed by atoms with Gasteiger partial charge in [0.05, 0.1) is 13.1 Å². The van der Waals surface area contributed by atoms with Gasteiger partial charge in [-0.15, -0.1) is 23.7 Å². The van der Waals surface area contributed by atoms with E-state index in [2.05, 4.69) is 63.2 Å². The standard InChI is InChI=1S/C22H24N4OS.C16H21N3O4.ClH/c1-15-18-5-3-4-6-19(18)28-20(15)14-26(2)21(27)8-7-16-11-17-13-23-9-10-24-22(17)25-12-16;1-16(2,3)23-15(22)19-7-6-17-14-12(10-19)8-11(9-18-14)4-5-13(20)21;/h3-8,11-12,23H,9-10,13-14H2,1-2H3,(H,24,25);4-5,8-9H,6-7,10H2,1-3H3,(H,17,18)(H,20,21);1H/b8-7+;5-4+;. The third kappa shape index (κ3) is 11.0. The molecule has 4 aromatic rings. The summed E-state index contributed by atoms with van der Waals surface area (Å²) in [4.78, 5) is 48.8. The normalized spacial score (nSPS) is 14.1. The highest BCUT2D eigenvalue weighted by molar-refractivity contribution is 7.19.